The van der Waals surface area contributed by atoms with Gasteiger partial charge >= 0.3 is 0 Å². The van der Waals surface area contributed by atoms with Gasteiger partial charge in [-0.2, -0.15) is 0 Å². The Morgan fingerprint density at radius 2 is 1.85 bits per heavy atom. The molecule has 1 aliphatic heterocycles. The number of carbonyl (C=O) groups excluding carboxylic acids is 2. The minimum Gasteiger partial charge on any atom is -0.351 e. The highest BCUT2D eigenvalue weighted by Crippen LogP contribution is 2.32. The van der Waals surface area contributed by atoms with Gasteiger partial charge in [0.2, 0.25) is 11.8 Å². The summed E-state index contributed by atoms with van der Waals surface area (Å²) in [5.41, 5.74) is 1.41. The maximum atomic E-state index is 13.3. The van der Waals surface area contributed by atoms with Crippen molar-refractivity contribution >= 4 is 11.8 Å². The van der Waals surface area contributed by atoms with Crippen molar-refractivity contribution in [2.24, 2.45) is 0 Å². The van der Waals surface area contributed by atoms with Crippen LogP contribution in [0.5, 0.6) is 0 Å². The molecule has 0 saturated carbocycles. The summed E-state index contributed by atoms with van der Waals surface area (Å²) in [7, 11) is 0. The fraction of sp³-hybridized carbons (Fsp3) is 0.400. The van der Waals surface area contributed by atoms with E-state index in [0.29, 0.717) is 13.1 Å². The van der Waals surface area contributed by atoms with Gasteiger partial charge in [0.1, 0.15) is 12.2 Å². The first-order valence-corrected chi connectivity index (χ1v) is 8.75. The van der Waals surface area contributed by atoms with Crippen molar-refractivity contribution in [1.82, 2.24) is 14.8 Å². The third-order valence-electron chi connectivity index (χ3n) is 4.37. The zero-order chi connectivity index (χ0) is 18.9. The second kappa shape index (κ2) is 6.94. The summed E-state index contributed by atoms with van der Waals surface area (Å²) in [6.07, 6.45) is 1.77. The summed E-state index contributed by atoms with van der Waals surface area (Å²) < 4.78 is 15.4. The molecule has 138 valence electrons. The zero-order valence-electron chi connectivity index (χ0n) is 15.3. The number of amides is 2. The van der Waals surface area contributed by atoms with Crippen molar-refractivity contribution in [2.75, 3.05) is 6.54 Å². The van der Waals surface area contributed by atoms with Crippen LogP contribution in [0.1, 0.15) is 44.5 Å². The Hall–Kier alpha value is -2.63. The fourth-order valence-corrected chi connectivity index (χ4v) is 3.35. The molecule has 1 aromatic carbocycles. The first kappa shape index (κ1) is 18.2. The number of fused-ring (bicyclic) bond motifs is 1. The predicted octanol–water partition coefficient (Wildman–Crippen LogP) is 2.86. The Balaban J connectivity index is 1.86. The minimum absolute atomic E-state index is 0.199. The second-order valence-electron chi connectivity index (χ2n) is 7.64. The molecule has 26 heavy (non-hydrogen) atoms. The lowest BCUT2D eigenvalue weighted by atomic mass is 9.99. The predicted molar refractivity (Wildman–Crippen MR) is 96.9 cm³/mol. The van der Waals surface area contributed by atoms with E-state index in [0.717, 1.165) is 11.3 Å². The van der Waals surface area contributed by atoms with Crippen LogP contribution in [0, 0.1) is 5.82 Å². The summed E-state index contributed by atoms with van der Waals surface area (Å²) >= 11 is 0. The van der Waals surface area contributed by atoms with Gasteiger partial charge in [0.25, 0.3) is 0 Å². The number of benzene rings is 1. The van der Waals surface area contributed by atoms with Crippen molar-refractivity contribution in [3.63, 3.8) is 0 Å². The number of nitrogens with zero attached hydrogens (tertiary/aromatic N) is 2. The lowest BCUT2D eigenvalue weighted by molar-refractivity contribution is -0.138. The van der Waals surface area contributed by atoms with E-state index in [1.165, 1.54) is 12.1 Å². The summed E-state index contributed by atoms with van der Waals surface area (Å²) in [6, 6.07) is 9.75. The normalized spacial score (nSPS) is 16.9. The third kappa shape index (κ3) is 3.95. The van der Waals surface area contributed by atoms with E-state index in [4.69, 9.17) is 0 Å². The van der Waals surface area contributed by atoms with Gasteiger partial charge in [-0.05, 0) is 50.6 Å². The Morgan fingerprint density at radius 1 is 1.15 bits per heavy atom. The van der Waals surface area contributed by atoms with Gasteiger partial charge in [-0.25, -0.2) is 4.39 Å². The van der Waals surface area contributed by atoms with E-state index < -0.39 is 0 Å². The maximum absolute atomic E-state index is 13.3. The van der Waals surface area contributed by atoms with E-state index >= 15 is 0 Å². The molecule has 2 aromatic rings. The molecular formula is C20H24FN3O2. The smallest absolute Gasteiger partial charge is 0.232 e. The number of carbonyl (C=O) groups is 2. The highest BCUT2D eigenvalue weighted by Gasteiger charge is 2.33. The quantitative estimate of drug-likeness (QED) is 0.859. The fourth-order valence-electron chi connectivity index (χ4n) is 3.35. The maximum Gasteiger partial charge on any atom is 0.232 e. The highest BCUT2D eigenvalue weighted by atomic mass is 19.1. The van der Waals surface area contributed by atoms with Crippen LogP contribution in [0.2, 0.25) is 0 Å². The highest BCUT2D eigenvalue weighted by molar-refractivity contribution is 5.97. The largest absolute Gasteiger partial charge is 0.351 e. The average Bonchev–Trinajstić information content (AvgIpc) is 3.01. The van der Waals surface area contributed by atoms with Gasteiger partial charge < -0.3 is 14.8 Å². The Bertz CT molecular complexity index is 805. The molecule has 0 fully saturated rings. The van der Waals surface area contributed by atoms with Gasteiger partial charge in [-0.15, -0.1) is 0 Å². The lowest BCUT2D eigenvalue weighted by Gasteiger charge is -2.37. The first-order valence-electron chi connectivity index (χ1n) is 8.75. The topological polar surface area (TPSA) is 54.3 Å². The molecule has 0 bridgehead atoms. The number of nitrogens with one attached hydrogen (secondary N) is 1. The zero-order valence-corrected chi connectivity index (χ0v) is 15.3. The molecule has 1 N–H and O–H groups in total. The molecule has 2 amide bonds. The number of hydrogen-bond donors (Lipinski definition) is 1. The summed E-state index contributed by atoms with van der Waals surface area (Å²) in [4.78, 5) is 26.8. The molecule has 0 spiro atoms. The van der Waals surface area contributed by atoms with Gasteiger partial charge in [0.05, 0.1) is 6.04 Å². The van der Waals surface area contributed by atoms with Crippen LogP contribution in [-0.4, -0.2) is 33.4 Å². The van der Waals surface area contributed by atoms with E-state index in [1.54, 1.807) is 17.0 Å². The van der Waals surface area contributed by atoms with Gasteiger partial charge in [-0.1, -0.05) is 12.1 Å². The van der Waals surface area contributed by atoms with E-state index in [1.807, 2.05) is 39.1 Å². The molecule has 3 rings (SSSR count). The minimum atomic E-state index is -0.385. The molecular weight excluding hydrogens is 333 g/mol. The van der Waals surface area contributed by atoms with Crippen LogP contribution >= 0.6 is 0 Å². The molecule has 0 radical (unpaired) electrons. The first-order chi connectivity index (χ1) is 12.2. The van der Waals surface area contributed by atoms with Crippen LogP contribution in [0.4, 0.5) is 4.39 Å². The molecule has 5 nitrogen and oxygen atoms in total. The van der Waals surface area contributed by atoms with Crippen molar-refractivity contribution in [2.45, 2.75) is 45.3 Å². The Labute approximate surface area is 152 Å². The molecule has 1 aromatic heterocycles. The molecule has 1 atom stereocenters. The average molecular weight is 357 g/mol. The standard InChI is InChI=1S/C20H24FN3O2/c1-20(2,3)22-17(25)13-18(26)24-12-11-23-10-4-5-16(23)19(24)14-6-8-15(21)9-7-14/h4-10,19H,11-13H2,1-3H3,(H,22,25)/t19-/m1/s1. The van der Waals surface area contributed by atoms with E-state index in [-0.39, 0.29) is 35.6 Å². The number of aromatic nitrogens is 1. The van der Waals surface area contributed by atoms with Crippen LogP contribution in [0.15, 0.2) is 42.6 Å². The van der Waals surface area contributed by atoms with Crippen molar-refractivity contribution in [1.29, 1.82) is 0 Å². The van der Waals surface area contributed by atoms with Crippen molar-refractivity contribution in [3.8, 4) is 0 Å². The monoisotopic (exact) mass is 357 g/mol. The second-order valence-corrected chi connectivity index (χ2v) is 7.64. The molecule has 0 saturated heterocycles. The van der Waals surface area contributed by atoms with Gasteiger partial charge in [0.15, 0.2) is 0 Å². The Kier molecular flexibility index (Phi) is 4.85. The summed E-state index contributed by atoms with van der Waals surface area (Å²) in [5.74, 6) is -0.836. The van der Waals surface area contributed by atoms with Crippen LogP contribution in [-0.2, 0) is 16.1 Å². The summed E-state index contributed by atoms with van der Waals surface area (Å²) in [6.45, 7) is 6.82. The third-order valence-corrected chi connectivity index (χ3v) is 4.37. The van der Waals surface area contributed by atoms with Crippen LogP contribution in [0.3, 0.4) is 0 Å². The number of rotatable bonds is 3. The van der Waals surface area contributed by atoms with Crippen LogP contribution < -0.4 is 5.32 Å². The summed E-state index contributed by atoms with van der Waals surface area (Å²) in [5, 5.41) is 2.82. The van der Waals surface area contributed by atoms with E-state index in [2.05, 4.69) is 9.88 Å². The molecule has 1 aliphatic rings. The molecule has 0 unspecified atom stereocenters. The molecule has 6 heteroatoms. The number of hydrogen-bond acceptors (Lipinski definition) is 2. The van der Waals surface area contributed by atoms with Crippen molar-refractivity contribution < 1.29 is 14.0 Å². The SMILES string of the molecule is CC(C)(C)NC(=O)CC(=O)N1CCn2cccc2[C@H]1c1ccc(F)cc1. The lowest BCUT2D eigenvalue weighted by Crippen LogP contribution is -2.46. The number of halogens is 1. The van der Waals surface area contributed by atoms with Crippen molar-refractivity contribution in [3.05, 3.63) is 59.7 Å². The van der Waals surface area contributed by atoms with E-state index in [9.17, 15) is 14.0 Å². The van der Waals surface area contributed by atoms with Crippen LogP contribution in [0.25, 0.3) is 0 Å². The molecule has 0 aliphatic carbocycles. The van der Waals surface area contributed by atoms with Gasteiger partial charge in [-0.3, -0.25) is 9.59 Å². The molecule has 2 heterocycles. The van der Waals surface area contributed by atoms with Gasteiger partial charge in [0, 0.05) is 30.5 Å². The Morgan fingerprint density at radius 3 is 2.50 bits per heavy atom.